The van der Waals surface area contributed by atoms with E-state index in [1.807, 2.05) is 54.6 Å². The molecule has 0 N–H and O–H groups in total. The summed E-state index contributed by atoms with van der Waals surface area (Å²) in [6.45, 7) is 1.28. The third-order valence-electron chi connectivity index (χ3n) is 6.09. The fourth-order valence-corrected chi connectivity index (χ4v) is 4.47. The molecule has 1 saturated heterocycles. The van der Waals surface area contributed by atoms with Gasteiger partial charge in [-0.2, -0.15) is 4.98 Å². The first-order valence-corrected chi connectivity index (χ1v) is 12.5. The molecule has 1 aromatic heterocycles. The Hall–Kier alpha value is -3.04. The molecular weight excluding hydrogens is 512 g/mol. The molecule has 3 aromatic rings. The summed E-state index contributed by atoms with van der Waals surface area (Å²) in [5.41, 5.74) is 1.75. The standard InChI is InChI=1S/C26H29BrN4O4/c1-34-16-15-30(23(32)17-19-7-3-2-4-8-19)18-24(33)31-14-6-5-9-22(31)26-28-25(29-35-26)20-10-12-21(27)13-11-20/h2-4,7-8,10-13,22H,5-6,9,14-18H2,1H3. The lowest BCUT2D eigenvalue weighted by molar-refractivity contribution is -0.143. The highest BCUT2D eigenvalue weighted by Crippen LogP contribution is 2.31. The number of carbonyl (C=O) groups excluding carboxylic acids is 2. The Kier molecular flexibility index (Phi) is 8.65. The summed E-state index contributed by atoms with van der Waals surface area (Å²) >= 11 is 3.43. The molecule has 9 heteroatoms. The summed E-state index contributed by atoms with van der Waals surface area (Å²) in [6.07, 6.45) is 2.84. The number of likely N-dealkylation sites (tertiary alicyclic amines) is 1. The summed E-state index contributed by atoms with van der Waals surface area (Å²) < 4.78 is 11.8. The summed E-state index contributed by atoms with van der Waals surface area (Å²) in [5, 5.41) is 4.14. The van der Waals surface area contributed by atoms with Gasteiger partial charge >= 0.3 is 0 Å². The molecule has 0 spiro atoms. The molecule has 0 bridgehead atoms. The highest BCUT2D eigenvalue weighted by atomic mass is 79.9. The number of ether oxygens (including phenoxy) is 1. The number of amides is 2. The van der Waals surface area contributed by atoms with Gasteiger partial charge in [0.05, 0.1) is 19.6 Å². The number of piperidine rings is 1. The Bertz CT molecular complexity index is 1120. The number of nitrogens with zero attached hydrogens (tertiary/aromatic N) is 4. The van der Waals surface area contributed by atoms with Gasteiger partial charge in [-0.1, -0.05) is 51.4 Å². The molecule has 184 valence electrons. The number of rotatable bonds is 9. The second kappa shape index (κ2) is 12.1. The van der Waals surface area contributed by atoms with Crippen LogP contribution in [0.4, 0.5) is 0 Å². The Morgan fingerprint density at radius 2 is 1.91 bits per heavy atom. The van der Waals surface area contributed by atoms with Gasteiger partial charge in [0.2, 0.25) is 23.5 Å². The first kappa shape index (κ1) is 25.1. The molecule has 2 aromatic carbocycles. The van der Waals surface area contributed by atoms with Crippen LogP contribution < -0.4 is 0 Å². The van der Waals surface area contributed by atoms with Crippen molar-refractivity contribution in [3.05, 3.63) is 70.5 Å². The van der Waals surface area contributed by atoms with E-state index in [2.05, 4.69) is 26.1 Å². The average molecular weight is 541 g/mol. The molecule has 2 heterocycles. The minimum atomic E-state index is -0.304. The van der Waals surface area contributed by atoms with Crippen molar-refractivity contribution in [3.63, 3.8) is 0 Å². The van der Waals surface area contributed by atoms with E-state index in [9.17, 15) is 9.59 Å². The molecule has 1 aliphatic heterocycles. The summed E-state index contributed by atoms with van der Waals surface area (Å²) in [5.74, 6) is 0.682. The van der Waals surface area contributed by atoms with E-state index in [1.165, 1.54) is 0 Å². The molecule has 35 heavy (non-hydrogen) atoms. The number of benzene rings is 2. The highest BCUT2D eigenvalue weighted by Gasteiger charge is 2.33. The van der Waals surface area contributed by atoms with Crippen LogP contribution in [0.2, 0.25) is 0 Å². The van der Waals surface area contributed by atoms with Gasteiger partial charge in [-0.05, 0) is 49.1 Å². The Labute approximate surface area is 213 Å². The van der Waals surface area contributed by atoms with E-state index in [0.29, 0.717) is 31.4 Å². The van der Waals surface area contributed by atoms with Crippen molar-refractivity contribution in [2.24, 2.45) is 0 Å². The number of hydrogen-bond donors (Lipinski definition) is 0. The minimum absolute atomic E-state index is 0.0146. The van der Waals surface area contributed by atoms with Crippen LogP contribution in [-0.4, -0.2) is 65.1 Å². The van der Waals surface area contributed by atoms with Crippen LogP contribution in [0.5, 0.6) is 0 Å². The van der Waals surface area contributed by atoms with Gasteiger partial charge in [0.1, 0.15) is 6.04 Å². The average Bonchev–Trinajstić information content (AvgIpc) is 3.37. The van der Waals surface area contributed by atoms with E-state index >= 15 is 0 Å². The maximum atomic E-state index is 13.4. The van der Waals surface area contributed by atoms with Crippen molar-refractivity contribution in [1.82, 2.24) is 19.9 Å². The monoisotopic (exact) mass is 540 g/mol. The van der Waals surface area contributed by atoms with Gasteiger partial charge in [0.25, 0.3) is 0 Å². The highest BCUT2D eigenvalue weighted by molar-refractivity contribution is 9.10. The van der Waals surface area contributed by atoms with Crippen molar-refractivity contribution < 1.29 is 18.8 Å². The van der Waals surface area contributed by atoms with E-state index in [-0.39, 0.29) is 30.8 Å². The van der Waals surface area contributed by atoms with Gasteiger partial charge in [-0.15, -0.1) is 0 Å². The van der Waals surface area contributed by atoms with Crippen LogP contribution >= 0.6 is 15.9 Å². The van der Waals surface area contributed by atoms with E-state index in [1.54, 1.807) is 16.9 Å². The number of hydrogen-bond acceptors (Lipinski definition) is 6. The Balaban J connectivity index is 1.47. The maximum Gasteiger partial charge on any atom is 0.249 e. The fourth-order valence-electron chi connectivity index (χ4n) is 4.20. The van der Waals surface area contributed by atoms with Crippen molar-refractivity contribution in [2.75, 3.05) is 33.4 Å². The lowest BCUT2D eigenvalue weighted by Crippen LogP contribution is -2.47. The lowest BCUT2D eigenvalue weighted by Gasteiger charge is -2.35. The zero-order valence-corrected chi connectivity index (χ0v) is 21.3. The number of aromatic nitrogens is 2. The molecule has 0 aliphatic carbocycles. The van der Waals surface area contributed by atoms with Crippen LogP contribution in [0.3, 0.4) is 0 Å². The minimum Gasteiger partial charge on any atom is -0.383 e. The van der Waals surface area contributed by atoms with Crippen LogP contribution in [0.1, 0.15) is 36.8 Å². The largest absolute Gasteiger partial charge is 0.383 e. The normalized spacial score (nSPS) is 15.7. The number of carbonyl (C=O) groups is 2. The summed E-state index contributed by atoms with van der Waals surface area (Å²) in [7, 11) is 1.58. The third kappa shape index (κ3) is 6.55. The van der Waals surface area contributed by atoms with Crippen LogP contribution in [-0.2, 0) is 20.7 Å². The van der Waals surface area contributed by atoms with Crippen LogP contribution in [0, 0.1) is 0 Å². The second-order valence-corrected chi connectivity index (χ2v) is 9.45. The van der Waals surface area contributed by atoms with Gasteiger partial charge in [-0.3, -0.25) is 9.59 Å². The molecule has 1 atom stereocenters. The Morgan fingerprint density at radius 3 is 2.66 bits per heavy atom. The Morgan fingerprint density at radius 1 is 1.14 bits per heavy atom. The topological polar surface area (TPSA) is 88.8 Å². The van der Waals surface area contributed by atoms with Gasteiger partial charge < -0.3 is 19.1 Å². The maximum absolute atomic E-state index is 13.4. The molecule has 4 rings (SSSR count). The summed E-state index contributed by atoms with van der Waals surface area (Å²) in [4.78, 5) is 34.4. The predicted octanol–water partition coefficient (Wildman–Crippen LogP) is 4.27. The van der Waals surface area contributed by atoms with E-state index in [0.717, 1.165) is 34.9 Å². The third-order valence-corrected chi connectivity index (χ3v) is 6.62. The van der Waals surface area contributed by atoms with Crippen molar-refractivity contribution in [1.29, 1.82) is 0 Å². The molecule has 0 radical (unpaired) electrons. The number of methoxy groups -OCH3 is 1. The van der Waals surface area contributed by atoms with Crippen molar-refractivity contribution >= 4 is 27.7 Å². The van der Waals surface area contributed by atoms with E-state index < -0.39 is 0 Å². The summed E-state index contributed by atoms with van der Waals surface area (Å²) in [6, 6.07) is 16.9. The van der Waals surface area contributed by atoms with Gasteiger partial charge in [-0.25, -0.2) is 0 Å². The first-order chi connectivity index (χ1) is 17.0. The lowest BCUT2D eigenvalue weighted by atomic mass is 10.0. The SMILES string of the molecule is COCCN(CC(=O)N1CCCCC1c1nc(-c2ccc(Br)cc2)no1)C(=O)Cc1ccccc1. The molecular formula is C26H29BrN4O4. The van der Waals surface area contributed by atoms with E-state index in [4.69, 9.17) is 9.26 Å². The molecule has 1 fully saturated rings. The van der Waals surface area contributed by atoms with Crippen molar-refractivity contribution in [3.8, 4) is 11.4 Å². The van der Waals surface area contributed by atoms with Gasteiger partial charge in [0, 0.05) is 30.2 Å². The van der Waals surface area contributed by atoms with Gasteiger partial charge in [0.15, 0.2) is 0 Å². The zero-order chi connectivity index (χ0) is 24.6. The molecule has 0 saturated carbocycles. The quantitative estimate of drug-likeness (QED) is 0.402. The molecule has 1 unspecified atom stereocenters. The predicted molar refractivity (Wildman–Crippen MR) is 134 cm³/mol. The fraction of sp³-hybridized carbons (Fsp3) is 0.385. The second-order valence-electron chi connectivity index (χ2n) is 8.53. The number of halogens is 1. The first-order valence-electron chi connectivity index (χ1n) is 11.7. The smallest absolute Gasteiger partial charge is 0.249 e. The molecule has 2 amide bonds. The van der Waals surface area contributed by atoms with Crippen LogP contribution in [0.25, 0.3) is 11.4 Å². The van der Waals surface area contributed by atoms with Crippen LogP contribution in [0.15, 0.2) is 63.6 Å². The van der Waals surface area contributed by atoms with Crippen molar-refractivity contribution in [2.45, 2.75) is 31.7 Å². The molecule has 1 aliphatic rings. The zero-order valence-electron chi connectivity index (χ0n) is 19.7. The molecule has 8 nitrogen and oxygen atoms in total.